The number of amides is 1. The van der Waals surface area contributed by atoms with E-state index in [9.17, 15) is 13.2 Å². The van der Waals surface area contributed by atoms with Crippen LogP contribution in [0.15, 0.2) is 71.9 Å². The molecule has 1 unspecified atom stereocenters. The number of aromatic nitrogens is 2. The summed E-state index contributed by atoms with van der Waals surface area (Å²) < 4.78 is 27.1. The molecule has 2 N–H and O–H groups in total. The normalized spacial score (nSPS) is 12.2. The molecule has 0 aliphatic rings. The lowest BCUT2D eigenvalue weighted by atomic mass is 10.2. The molecule has 1 amide bonds. The van der Waals surface area contributed by atoms with Gasteiger partial charge in [0.05, 0.1) is 10.1 Å². The van der Waals surface area contributed by atoms with Crippen LogP contribution in [0.4, 0.5) is 11.6 Å². The summed E-state index contributed by atoms with van der Waals surface area (Å²) in [5.74, 6) is 0.498. The van der Waals surface area contributed by atoms with Gasteiger partial charge in [-0.05, 0) is 55.0 Å². The van der Waals surface area contributed by atoms with E-state index < -0.39 is 10.0 Å². The first-order valence-electron chi connectivity index (χ1n) is 8.90. The number of thioether (sulfide) groups is 1. The summed E-state index contributed by atoms with van der Waals surface area (Å²) in [5.41, 5.74) is 1.59. The number of carbonyl (C=O) groups is 1. The van der Waals surface area contributed by atoms with Crippen LogP contribution in [0.1, 0.15) is 12.5 Å². The van der Waals surface area contributed by atoms with Crippen molar-refractivity contribution in [1.29, 1.82) is 0 Å². The van der Waals surface area contributed by atoms with Gasteiger partial charge in [0.25, 0.3) is 10.0 Å². The van der Waals surface area contributed by atoms with Gasteiger partial charge in [-0.3, -0.25) is 4.79 Å². The van der Waals surface area contributed by atoms with E-state index in [2.05, 4.69) is 20.0 Å². The molecule has 0 bridgehead atoms. The van der Waals surface area contributed by atoms with E-state index in [1.165, 1.54) is 48.4 Å². The van der Waals surface area contributed by atoms with Crippen LogP contribution >= 0.6 is 23.4 Å². The van der Waals surface area contributed by atoms with E-state index in [0.29, 0.717) is 16.5 Å². The molecule has 0 fully saturated rings. The van der Waals surface area contributed by atoms with Crippen LogP contribution in [0.25, 0.3) is 0 Å². The monoisotopic (exact) mass is 462 g/mol. The molecule has 1 atom stereocenters. The number of halogens is 1. The largest absolute Gasteiger partial charge is 0.325 e. The zero-order valence-electron chi connectivity index (χ0n) is 15.9. The lowest BCUT2D eigenvalue weighted by molar-refractivity contribution is -0.115. The van der Waals surface area contributed by atoms with Crippen LogP contribution in [-0.4, -0.2) is 29.5 Å². The second kappa shape index (κ2) is 9.92. The van der Waals surface area contributed by atoms with Crippen molar-refractivity contribution < 1.29 is 13.2 Å². The van der Waals surface area contributed by atoms with Crippen molar-refractivity contribution in [3.8, 4) is 0 Å². The number of anilines is 2. The maximum Gasteiger partial charge on any atom is 0.264 e. The third kappa shape index (κ3) is 6.19. The van der Waals surface area contributed by atoms with Gasteiger partial charge in [0.1, 0.15) is 0 Å². The summed E-state index contributed by atoms with van der Waals surface area (Å²) in [5, 5.41) is 3.18. The minimum Gasteiger partial charge on any atom is -0.325 e. The molecule has 2 aromatic carbocycles. The van der Waals surface area contributed by atoms with Gasteiger partial charge < -0.3 is 5.32 Å². The summed E-state index contributed by atoms with van der Waals surface area (Å²) in [7, 11) is -3.82. The number of nitrogens with zero attached hydrogens (tertiary/aromatic N) is 2. The van der Waals surface area contributed by atoms with Gasteiger partial charge in [0.15, 0.2) is 0 Å². The van der Waals surface area contributed by atoms with Crippen molar-refractivity contribution in [2.45, 2.75) is 22.8 Å². The van der Waals surface area contributed by atoms with E-state index >= 15 is 0 Å². The van der Waals surface area contributed by atoms with Gasteiger partial charge in [-0.15, -0.1) is 11.8 Å². The summed E-state index contributed by atoms with van der Waals surface area (Å²) >= 11 is 7.37. The maximum absolute atomic E-state index is 12.4. The third-order valence-corrected chi connectivity index (χ3v) is 6.82. The van der Waals surface area contributed by atoms with Crippen LogP contribution < -0.4 is 10.0 Å². The molecule has 0 spiro atoms. The second-order valence-electron chi connectivity index (χ2n) is 6.27. The van der Waals surface area contributed by atoms with Gasteiger partial charge in [-0.1, -0.05) is 23.7 Å². The van der Waals surface area contributed by atoms with E-state index in [4.69, 9.17) is 11.6 Å². The molecule has 0 saturated heterocycles. The lowest BCUT2D eigenvalue weighted by Gasteiger charge is -2.13. The zero-order valence-corrected chi connectivity index (χ0v) is 18.3. The van der Waals surface area contributed by atoms with Gasteiger partial charge in [0.2, 0.25) is 11.9 Å². The van der Waals surface area contributed by atoms with E-state index in [0.717, 1.165) is 5.56 Å². The lowest BCUT2D eigenvalue weighted by Crippen LogP contribution is -2.22. The first-order chi connectivity index (χ1) is 14.3. The van der Waals surface area contributed by atoms with Crippen molar-refractivity contribution >= 4 is 50.9 Å². The number of hydrogen-bond acceptors (Lipinski definition) is 6. The molecule has 1 heterocycles. The van der Waals surface area contributed by atoms with Crippen LogP contribution in [0.2, 0.25) is 5.02 Å². The van der Waals surface area contributed by atoms with Gasteiger partial charge in [-0.2, -0.15) is 0 Å². The SMILES string of the molecule is CC(SCc1ccc(Cl)cc1)C(=O)Nc1ccc(S(=O)(=O)Nc2ncccn2)cc1. The number of rotatable bonds is 8. The Bertz CT molecular complexity index is 1090. The average molecular weight is 463 g/mol. The quantitative estimate of drug-likeness (QED) is 0.520. The molecule has 1 aromatic heterocycles. The highest BCUT2D eigenvalue weighted by molar-refractivity contribution is 7.99. The van der Waals surface area contributed by atoms with Gasteiger partial charge >= 0.3 is 0 Å². The Morgan fingerprint density at radius 2 is 1.70 bits per heavy atom. The summed E-state index contributed by atoms with van der Waals surface area (Å²) in [4.78, 5) is 20.1. The maximum atomic E-state index is 12.4. The molecule has 3 rings (SSSR count). The van der Waals surface area contributed by atoms with Crippen molar-refractivity contribution in [3.05, 3.63) is 77.6 Å². The second-order valence-corrected chi connectivity index (χ2v) is 9.72. The van der Waals surface area contributed by atoms with Crippen molar-refractivity contribution in [3.63, 3.8) is 0 Å². The van der Waals surface area contributed by atoms with E-state index in [1.54, 1.807) is 6.07 Å². The van der Waals surface area contributed by atoms with Crippen molar-refractivity contribution in [2.75, 3.05) is 10.0 Å². The molecule has 0 aliphatic carbocycles. The smallest absolute Gasteiger partial charge is 0.264 e. The number of carbonyl (C=O) groups excluding carboxylic acids is 1. The summed E-state index contributed by atoms with van der Waals surface area (Å²) in [6, 6.07) is 15.0. The standard InChI is InChI=1S/C20H19ClN4O3S2/c1-14(29-13-15-3-5-16(21)6-4-15)19(26)24-17-7-9-18(10-8-17)30(27,28)25-20-22-11-2-12-23-20/h2-12,14H,13H2,1H3,(H,24,26)(H,22,23,25). The predicted molar refractivity (Wildman–Crippen MR) is 120 cm³/mol. The number of nitrogens with one attached hydrogen (secondary N) is 2. The molecular formula is C20H19ClN4O3S2. The van der Waals surface area contributed by atoms with Crippen LogP contribution in [0.3, 0.4) is 0 Å². The fourth-order valence-corrected chi connectivity index (χ4v) is 4.30. The van der Waals surface area contributed by atoms with E-state index in [1.807, 2.05) is 31.2 Å². The minimum atomic E-state index is -3.82. The molecule has 3 aromatic rings. The highest BCUT2D eigenvalue weighted by atomic mass is 35.5. The first kappa shape index (κ1) is 22.1. The molecule has 0 aliphatic heterocycles. The molecule has 30 heavy (non-hydrogen) atoms. The Kier molecular flexibility index (Phi) is 7.30. The molecular weight excluding hydrogens is 444 g/mol. The van der Waals surface area contributed by atoms with Crippen molar-refractivity contribution in [2.24, 2.45) is 0 Å². The Morgan fingerprint density at radius 3 is 2.33 bits per heavy atom. The molecule has 7 nitrogen and oxygen atoms in total. The Morgan fingerprint density at radius 1 is 1.07 bits per heavy atom. The van der Waals surface area contributed by atoms with Gasteiger partial charge in [0, 0.05) is 28.9 Å². The molecule has 10 heteroatoms. The zero-order chi connectivity index (χ0) is 21.6. The fourth-order valence-electron chi connectivity index (χ4n) is 2.37. The van der Waals surface area contributed by atoms with Crippen LogP contribution in [0, 0.1) is 0 Å². The van der Waals surface area contributed by atoms with Crippen molar-refractivity contribution in [1.82, 2.24) is 9.97 Å². The van der Waals surface area contributed by atoms with Crippen LogP contribution in [-0.2, 0) is 20.6 Å². The highest BCUT2D eigenvalue weighted by Gasteiger charge is 2.17. The Hall–Kier alpha value is -2.62. The Labute approximate surface area is 184 Å². The van der Waals surface area contributed by atoms with Gasteiger partial charge in [-0.25, -0.2) is 23.1 Å². The number of benzene rings is 2. The fraction of sp³-hybridized carbons (Fsp3) is 0.150. The van der Waals surface area contributed by atoms with E-state index in [-0.39, 0.29) is 22.0 Å². The molecule has 156 valence electrons. The number of hydrogen-bond donors (Lipinski definition) is 2. The number of sulfonamides is 1. The highest BCUT2D eigenvalue weighted by Crippen LogP contribution is 2.21. The predicted octanol–water partition coefficient (Wildman–Crippen LogP) is 4.19. The third-order valence-electron chi connectivity index (χ3n) is 4.01. The summed E-state index contributed by atoms with van der Waals surface area (Å²) in [6.45, 7) is 1.82. The minimum absolute atomic E-state index is 0.0126. The Balaban J connectivity index is 1.56. The average Bonchev–Trinajstić information content (AvgIpc) is 2.74. The summed E-state index contributed by atoms with van der Waals surface area (Å²) in [6.07, 6.45) is 2.88. The first-order valence-corrected chi connectivity index (χ1v) is 11.8. The molecule has 0 radical (unpaired) electrons. The topological polar surface area (TPSA) is 101 Å². The molecule has 0 saturated carbocycles. The van der Waals surface area contributed by atoms with Crippen LogP contribution in [0.5, 0.6) is 0 Å².